The molecule has 0 aromatic heterocycles. The predicted octanol–water partition coefficient (Wildman–Crippen LogP) is 20.6. The summed E-state index contributed by atoms with van der Waals surface area (Å²) in [6.07, 6.45) is 77.3. The van der Waals surface area contributed by atoms with Gasteiger partial charge in [-0.2, -0.15) is 0 Å². The fourth-order valence-electron chi connectivity index (χ4n) is 9.26. The lowest BCUT2D eigenvalue weighted by Crippen LogP contribution is -2.47. The average molecular weight is 1130 g/mol. The van der Waals surface area contributed by atoms with Crippen LogP contribution in [0.1, 0.15) is 290 Å². The first-order valence-corrected chi connectivity index (χ1v) is 34.4. The summed E-state index contributed by atoms with van der Waals surface area (Å²) in [5, 5.41) is 3.06. The van der Waals surface area contributed by atoms with E-state index in [1.54, 1.807) is 0 Å². The Kier molecular flexibility index (Phi) is 56.3. The largest absolute Gasteiger partial charge is 0.472 e. The molecule has 0 spiro atoms. The lowest BCUT2D eigenvalue weighted by atomic mass is 10.0. The van der Waals surface area contributed by atoms with E-state index in [-0.39, 0.29) is 31.5 Å². The molecule has 0 aliphatic rings. The Hall–Kier alpha value is -2.81. The molecule has 0 rings (SSSR count). The van der Waals surface area contributed by atoms with Crippen molar-refractivity contribution in [2.75, 3.05) is 40.9 Å². The Balaban J connectivity index is 5.07. The third-order valence-corrected chi connectivity index (χ3v) is 15.3. The number of unbranched alkanes of at least 4 members (excludes halogenated alkanes) is 31. The van der Waals surface area contributed by atoms with Gasteiger partial charge in [-0.05, 0) is 102 Å². The molecule has 9 nitrogen and oxygen atoms in total. The molecule has 0 heterocycles. The lowest BCUT2D eigenvalue weighted by Gasteiger charge is -2.27. The number of carbonyl (C=O) groups is 2. The number of likely N-dealkylation sites (N-methyl/N-ethyl adjacent to an activating group) is 1. The van der Waals surface area contributed by atoms with Crippen molar-refractivity contribution in [2.24, 2.45) is 0 Å². The third-order valence-electron chi connectivity index (χ3n) is 14.3. The molecule has 0 saturated carbocycles. The van der Waals surface area contributed by atoms with Crippen LogP contribution in [0.3, 0.4) is 0 Å². The van der Waals surface area contributed by atoms with Gasteiger partial charge in [0.2, 0.25) is 5.91 Å². The Labute approximate surface area is 488 Å². The van der Waals surface area contributed by atoms with Gasteiger partial charge in [0.05, 0.1) is 33.8 Å². The second-order valence-corrected chi connectivity index (χ2v) is 24.7. The molecule has 10 heteroatoms. The number of nitrogens with one attached hydrogen (secondary N) is 1. The number of rotatable bonds is 59. The SMILES string of the molecule is CC/C=C/C/C=C/CCCCCCCCCC(=O)OC(/C=C\CCCCCCCCCCCC)C(COP(=O)(O)OCC[N+](C)(C)C)NC(=O)CCCCCCCCCCCCC/C=C\C/C=C\C/C=C\C/C=C\CCCCC. The molecule has 458 valence electrons. The Morgan fingerprint density at radius 2 is 0.810 bits per heavy atom. The van der Waals surface area contributed by atoms with Crippen LogP contribution < -0.4 is 5.32 Å². The Bertz CT molecular complexity index is 1630. The van der Waals surface area contributed by atoms with Gasteiger partial charge in [0.15, 0.2) is 0 Å². The van der Waals surface area contributed by atoms with Gasteiger partial charge < -0.3 is 19.4 Å². The first-order chi connectivity index (χ1) is 38.4. The molecule has 2 N–H and O–H groups in total. The first-order valence-electron chi connectivity index (χ1n) is 32.9. The number of phosphoric acid groups is 1. The maximum absolute atomic E-state index is 13.6. The van der Waals surface area contributed by atoms with Gasteiger partial charge in [-0.15, -0.1) is 0 Å². The van der Waals surface area contributed by atoms with Gasteiger partial charge in [-0.3, -0.25) is 18.6 Å². The van der Waals surface area contributed by atoms with Crippen molar-refractivity contribution in [1.29, 1.82) is 0 Å². The number of carbonyl (C=O) groups excluding carboxylic acids is 2. The Morgan fingerprint density at radius 1 is 0.456 bits per heavy atom. The standard InChI is InChI=1S/C69H125N2O7P/c1-7-10-13-16-19-22-25-28-30-31-32-33-34-35-36-37-38-39-40-41-42-43-46-49-52-55-58-61-68(72)70-66(65-77-79(74,75)76-64-63-71(4,5)6)67(60-57-54-51-48-45-27-24-21-18-15-12-9-3)78-69(73)62-59-56-53-50-47-44-29-26-23-20-17-14-11-8-2/h11,14,19-20,22-23,28,30,32-33,35-36,57,60,66-67H,7-10,12-13,15-18,21,24-27,29,31,34,37-56,58-59,61-65H2,1-6H3,(H-,70,72,74,75)/p+1/b14-11+,22-19-,23-20+,30-28-,33-32-,36-35-,60-57-. The zero-order valence-corrected chi connectivity index (χ0v) is 53.2. The molecule has 0 aromatic rings. The van der Waals surface area contributed by atoms with Crippen LogP contribution in [0.15, 0.2) is 85.1 Å². The van der Waals surface area contributed by atoms with Crippen molar-refractivity contribution >= 4 is 19.7 Å². The van der Waals surface area contributed by atoms with E-state index in [1.165, 1.54) is 154 Å². The predicted molar refractivity (Wildman–Crippen MR) is 341 cm³/mol. The zero-order valence-electron chi connectivity index (χ0n) is 52.3. The molecular weight excluding hydrogens is 1000 g/mol. The van der Waals surface area contributed by atoms with Crippen molar-refractivity contribution < 1.29 is 37.3 Å². The number of esters is 1. The maximum Gasteiger partial charge on any atom is 0.472 e. The highest BCUT2D eigenvalue weighted by atomic mass is 31.2. The zero-order chi connectivity index (χ0) is 57.9. The van der Waals surface area contributed by atoms with E-state index in [0.717, 1.165) is 103 Å². The van der Waals surface area contributed by atoms with E-state index < -0.39 is 20.0 Å². The number of quaternary nitrogens is 1. The highest BCUT2D eigenvalue weighted by Crippen LogP contribution is 2.43. The van der Waals surface area contributed by atoms with Crippen molar-refractivity contribution in [2.45, 2.75) is 303 Å². The van der Waals surface area contributed by atoms with Gasteiger partial charge in [-0.1, -0.05) is 260 Å². The van der Waals surface area contributed by atoms with Crippen LogP contribution in [0.2, 0.25) is 0 Å². The molecule has 0 aromatic carbocycles. The molecule has 0 bridgehead atoms. The van der Waals surface area contributed by atoms with Crippen molar-refractivity contribution in [3.8, 4) is 0 Å². The number of hydrogen-bond acceptors (Lipinski definition) is 6. The maximum atomic E-state index is 13.6. The smallest absolute Gasteiger partial charge is 0.456 e. The van der Waals surface area contributed by atoms with Crippen molar-refractivity contribution in [3.05, 3.63) is 85.1 Å². The molecule has 0 aliphatic carbocycles. The summed E-state index contributed by atoms with van der Waals surface area (Å²) in [4.78, 5) is 37.7. The molecular formula is C69H126N2O7P+. The molecule has 79 heavy (non-hydrogen) atoms. The second-order valence-electron chi connectivity index (χ2n) is 23.3. The van der Waals surface area contributed by atoms with E-state index in [2.05, 4.69) is 99.0 Å². The first kappa shape index (κ1) is 76.2. The number of ether oxygens (including phenoxy) is 1. The van der Waals surface area contributed by atoms with Crippen LogP contribution in [0.4, 0.5) is 0 Å². The van der Waals surface area contributed by atoms with Gasteiger partial charge in [0.1, 0.15) is 19.3 Å². The van der Waals surface area contributed by atoms with E-state index >= 15 is 0 Å². The van der Waals surface area contributed by atoms with Crippen LogP contribution >= 0.6 is 7.82 Å². The fraction of sp³-hybridized carbons (Fsp3) is 0.768. The van der Waals surface area contributed by atoms with Gasteiger partial charge in [0.25, 0.3) is 0 Å². The summed E-state index contributed by atoms with van der Waals surface area (Å²) in [6.45, 7) is 6.88. The summed E-state index contributed by atoms with van der Waals surface area (Å²) in [5.74, 6) is -0.516. The van der Waals surface area contributed by atoms with E-state index in [0.29, 0.717) is 17.4 Å². The summed E-state index contributed by atoms with van der Waals surface area (Å²) in [5.41, 5.74) is 0. The van der Waals surface area contributed by atoms with Gasteiger partial charge >= 0.3 is 13.8 Å². The summed E-state index contributed by atoms with van der Waals surface area (Å²) in [6, 6.07) is -0.857. The minimum absolute atomic E-state index is 0.0356. The summed E-state index contributed by atoms with van der Waals surface area (Å²) in [7, 11) is 1.48. The molecule has 3 atom stereocenters. The Morgan fingerprint density at radius 3 is 1.24 bits per heavy atom. The number of amides is 1. The van der Waals surface area contributed by atoms with Crippen molar-refractivity contribution in [3.63, 3.8) is 0 Å². The topological polar surface area (TPSA) is 111 Å². The summed E-state index contributed by atoms with van der Waals surface area (Å²) < 4.78 is 30.7. The quantitative estimate of drug-likeness (QED) is 0.0205. The van der Waals surface area contributed by atoms with Crippen LogP contribution in [-0.4, -0.2) is 74.3 Å². The lowest BCUT2D eigenvalue weighted by molar-refractivity contribution is -0.870. The highest BCUT2D eigenvalue weighted by molar-refractivity contribution is 7.47. The molecule has 1 amide bonds. The van der Waals surface area contributed by atoms with Crippen LogP contribution in [0.5, 0.6) is 0 Å². The molecule has 3 unspecified atom stereocenters. The molecule has 0 aliphatic heterocycles. The van der Waals surface area contributed by atoms with E-state index in [4.69, 9.17) is 13.8 Å². The number of phosphoric ester groups is 1. The van der Waals surface area contributed by atoms with Crippen LogP contribution in [-0.2, 0) is 27.9 Å². The number of nitrogens with zero attached hydrogens (tertiary/aromatic N) is 1. The summed E-state index contributed by atoms with van der Waals surface area (Å²) >= 11 is 0. The van der Waals surface area contributed by atoms with Crippen LogP contribution in [0, 0.1) is 0 Å². The molecule has 0 fully saturated rings. The monoisotopic (exact) mass is 1130 g/mol. The highest BCUT2D eigenvalue weighted by Gasteiger charge is 2.30. The number of allylic oxidation sites excluding steroid dienone is 13. The van der Waals surface area contributed by atoms with Gasteiger partial charge in [0, 0.05) is 12.8 Å². The normalized spacial score (nSPS) is 14.2. The van der Waals surface area contributed by atoms with Crippen LogP contribution in [0.25, 0.3) is 0 Å². The van der Waals surface area contributed by atoms with Crippen molar-refractivity contribution in [1.82, 2.24) is 5.32 Å². The second kappa shape index (κ2) is 58.4. The minimum Gasteiger partial charge on any atom is -0.456 e. The molecule has 0 saturated heterocycles. The minimum atomic E-state index is -4.45. The number of hydrogen-bond donors (Lipinski definition) is 2. The van der Waals surface area contributed by atoms with Gasteiger partial charge in [-0.25, -0.2) is 4.57 Å². The average Bonchev–Trinajstić information content (AvgIpc) is 3.41. The van der Waals surface area contributed by atoms with E-state index in [9.17, 15) is 19.0 Å². The third kappa shape index (κ3) is 59.6. The fourth-order valence-corrected chi connectivity index (χ4v) is 9.99. The molecule has 0 radical (unpaired) electrons. The van der Waals surface area contributed by atoms with E-state index in [1.807, 2.05) is 33.3 Å².